The zero-order valence-electron chi connectivity index (χ0n) is 15.9. The van der Waals surface area contributed by atoms with Gasteiger partial charge in [0.05, 0.1) is 12.6 Å². The molecule has 0 unspecified atom stereocenters. The van der Waals surface area contributed by atoms with E-state index in [-0.39, 0.29) is 5.91 Å². The average molecular weight is 373 g/mol. The van der Waals surface area contributed by atoms with Crippen molar-refractivity contribution in [1.29, 1.82) is 0 Å². The summed E-state index contributed by atoms with van der Waals surface area (Å²) in [6.07, 6.45) is 3.42. The molecule has 142 valence electrons. The smallest absolute Gasteiger partial charge is 0.224 e. The van der Waals surface area contributed by atoms with Crippen molar-refractivity contribution in [2.24, 2.45) is 0 Å². The number of fused-ring (bicyclic) bond motifs is 4. The molecule has 3 heterocycles. The van der Waals surface area contributed by atoms with Crippen molar-refractivity contribution in [3.8, 4) is 5.75 Å². The van der Waals surface area contributed by atoms with E-state index >= 15 is 0 Å². The van der Waals surface area contributed by atoms with Gasteiger partial charge in [-0.1, -0.05) is 24.3 Å². The van der Waals surface area contributed by atoms with Gasteiger partial charge in [-0.3, -0.25) is 4.79 Å². The van der Waals surface area contributed by atoms with E-state index in [4.69, 9.17) is 4.74 Å². The highest BCUT2D eigenvalue weighted by Gasteiger charge is 2.23. The number of para-hydroxylation sites is 1. The summed E-state index contributed by atoms with van der Waals surface area (Å²) >= 11 is 0. The molecule has 5 rings (SSSR count). The van der Waals surface area contributed by atoms with Crippen LogP contribution in [0.3, 0.4) is 0 Å². The Kier molecular flexibility index (Phi) is 4.08. The molecule has 2 aromatic carbocycles. The number of H-pyrrole nitrogens is 1. The molecule has 0 radical (unpaired) electrons. The minimum Gasteiger partial charge on any atom is -0.496 e. The minimum absolute atomic E-state index is 0.209. The van der Waals surface area contributed by atoms with Gasteiger partial charge in [-0.05, 0) is 24.3 Å². The number of carbonyl (C=O) groups is 1. The third kappa shape index (κ3) is 2.74. The largest absolute Gasteiger partial charge is 0.496 e. The van der Waals surface area contributed by atoms with Crippen LogP contribution in [0.25, 0.3) is 21.8 Å². The van der Waals surface area contributed by atoms with Gasteiger partial charge in [0.2, 0.25) is 5.91 Å². The van der Waals surface area contributed by atoms with E-state index in [1.165, 1.54) is 16.6 Å². The zero-order valence-corrected chi connectivity index (χ0v) is 15.9. The maximum absolute atomic E-state index is 12.9. The van der Waals surface area contributed by atoms with Gasteiger partial charge in [0.1, 0.15) is 5.75 Å². The normalized spacial score (nSPS) is 13.8. The van der Waals surface area contributed by atoms with E-state index in [0.29, 0.717) is 19.5 Å². The Balaban J connectivity index is 1.32. The van der Waals surface area contributed by atoms with Crippen LogP contribution < -0.4 is 4.74 Å². The van der Waals surface area contributed by atoms with E-state index in [9.17, 15) is 4.79 Å². The standard InChI is InChI=1S/C23H23N3O2/c1-28-22-8-4-7-21-17(22)9-12-25(21)14-11-23(27)26-13-10-20-18(15-26)16-5-2-3-6-19(16)24-20/h2-9,12,24H,10-11,13-15H2,1H3. The second-order valence-electron chi connectivity index (χ2n) is 7.35. The molecule has 1 aliphatic heterocycles. The van der Waals surface area contributed by atoms with Crippen LogP contribution in [-0.2, 0) is 24.3 Å². The van der Waals surface area contributed by atoms with Crippen LogP contribution in [0.4, 0.5) is 0 Å². The molecule has 5 heteroatoms. The molecule has 0 saturated heterocycles. The molecule has 5 nitrogen and oxygen atoms in total. The number of aromatic nitrogens is 2. The fourth-order valence-electron chi connectivity index (χ4n) is 4.32. The van der Waals surface area contributed by atoms with E-state index in [1.807, 2.05) is 29.3 Å². The van der Waals surface area contributed by atoms with Crippen LogP contribution >= 0.6 is 0 Å². The average Bonchev–Trinajstić information content (AvgIpc) is 3.32. The highest BCUT2D eigenvalue weighted by molar-refractivity contribution is 5.87. The number of amides is 1. The van der Waals surface area contributed by atoms with Gasteiger partial charge in [0, 0.05) is 66.2 Å². The van der Waals surface area contributed by atoms with Gasteiger partial charge in [-0.25, -0.2) is 0 Å². The number of aryl methyl sites for hydroxylation is 1. The third-order valence-electron chi connectivity index (χ3n) is 5.80. The molecule has 0 bridgehead atoms. The Labute approximate surface area is 163 Å². The highest BCUT2D eigenvalue weighted by Crippen LogP contribution is 2.29. The number of hydrogen-bond donors (Lipinski definition) is 1. The van der Waals surface area contributed by atoms with Crippen LogP contribution in [0.5, 0.6) is 5.75 Å². The van der Waals surface area contributed by atoms with Gasteiger partial charge >= 0.3 is 0 Å². The van der Waals surface area contributed by atoms with Crippen LogP contribution in [0, 0.1) is 0 Å². The fourth-order valence-corrected chi connectivity index (χ4v) is 4.32. The number of rotatable bonds is 4. The molecule has 0 saturated carbocycles. The van der Waals surface area contributed by atoms with Gasteiger partial charge in [0.15, 0.2) is 0 Å². The molecule has 0 spiro atoms. The molecule has 0 atom stereocenters. The lowest BCUT2D eigenvalue weighted by Gasteiger charge is -2.27. The summed E-state index contributed by atoms with van der Waals surface area (Å²) < 4.78 is 7.57. The van der Waals surface area contributed by atoms with Gasteiger partial charge in [-0.15, -0.1) is 0 Å². The first-order valence-corrected chi connectivity index (χ1v) is 9.72. The maximum atomic E-state index is 12.9. The molecular weight excluding hydrogens is 350 g/mol. The highest BCUT2D eigenvalue weighted by atomic mass is 16.5. The van der Waals surface area contributed by atoms with Crippen LogP contribution in [0.2, 0.25) is 0 Å². The number of nitrogens with one attached hydrogen (secondary N) is 1. The minimum atomic E-state index is 0.209. The second-order valence-corrected chi connectivity index (χ2v) is 7.35. The number of hydrogen-bond acceptors (Lipinski definition) is 2. The lowest BCUT2D eigenvalue weighted by molar-refractivity contribution is -0.132. The molecule has 0 fully saturated rings. The maximum Gasteiger partial charge on any atom is 0.224 e. The third-order valence-corrected chi connectivity index (χ3v) is 5.80. The monoisotopic (exact) mass is 373 g/mol. The summed E-state index contributed by atoms with van der Waals surface area (Å²) in [5.41, 5.74) is 4.80. The van der Waals surface area contributed by atoms with E-state index < -0.39 is 0 Å². The Hall–Kier alpha value is -3.21. The van der Waals surface area contributed by atoms with Gasteiger partial charge in [0.25, 0.3) is 0 Å². The summed E-state index contributed by atoms with van der Waals surface area (Å²) in [7, 11) is 1.69. The predicted molar refractivity (Wildman–Crippen MR) is 111 cm³/mol. The Bertz CT molecular complexity index is 1170. The van der Waals surface area contributed by atoms with E-state index in [0.717, 1.165) is 35.1 Å². The van der Waals surface area contributed by atoms with Crippen molar-refractivity contribution in [2.75, 3.05) is 13.7 Å². The first-order chi connectivity index (χ1) is 13.7. The van der Waals surface area contributed by atoms with Gasteiger partial charge < -0.3 is 19.2 Å². The van der Waals surface area contributed by atoms with Crippen molar-refractivity contribution in [1.82, 2.24) is 14.5 Å². The quantitative estimate of drug-likeness (QED) is 0.585. The van der Waals surface area contributed by atoms with Crippen molar-refractivity contribution in [3.63, 3.8) is 0 Å². The van der Waals surface area contributed by atoms with Crippen molar-refractivity contribution >= 4 is 27.7 Å². The van der Waals surface area contributed by atoms with Gasteiger partial charge in [-0.2, -0.15) is 0 Å². The molecular formula is C23H23N3O2. The number of carbonyl (C=O) groups excluding carboxylic acids is 1. The first kappa shape index (κ1) is 16.9. The van der Waals surface area contributed by atoms with E-state index in [1.54, 1.807) is 7.11 Å². The van der Waals surface area contributed by atoms with Crippen molar-refractivity contribution in [3.05, 3.63) is 66.0 Å². The molecule has 2 aromatic heterocycles. The Morgan fingerprint density at radius 1 is 1.11 bits per heavy atom. The second kappa shape index (κ2) is 6.75. The summed E-state index contributed by atoms with van der Waals surface area (Å²) in [5.74, 6) is 1.08. The van der Waals surface area contributed by atoms with E-state index in [2.05, 4.69) is 39.9 Å². The lowest BCUT2D eigenvalue weighted by atomic mass is 10.0. The topological polar surface area (TPSA) is 50.3 Å². The Morgan fingerprint density at radius 3 is 2.89 bits per heavy atom. The van der Waals surface area contributed by atoms with Crippen LogP contribution in [-0.4, -0.2) is 34.0 Å². The Morgan fingerprint density at radius 2 is 2.00 bits per heavy atom. The SMILES string of the molecule is COc1cccc2c1ccn2CCC(=O)N1CCc2[nH]c3ccccc3c2C1. The van der Waals surface area contributed by atoms with Crippen LogP contribution in [0.15, 0.2) is 54.7 Å². The molecule has 1 amide bonds. The van der Waals surface area contributed by atoms with Crippen molar-refractivity contribution < 1.29 is 9.53 Å². The zero-order chi connectivity index (χ0) is 19.1. The number of nitrogens with zero attached hydrogens (tertiary/aromatic N) is 2. The number of benzene rings is 2. The molecule has 4 aromatic rings. The lowest BCUT2D eigenvalue weighted by Crippen LogP contribution is -2.36. The summed E-state index contributed by atoms with van der Waals surface area (Å²) in [5, 5.41) is 2.32. The number of ether oxygens (including phenoxy) is 1. The predicted octanol–water partition coefficient (Wildman–Crippen LogP) is 4.11. The number of aromatic amines is 1. The van der Waals surface area contributed by atoms with Crippen molar-refractivity contribution in [2.45, 2.75) is 25.9 Å². The molecule has 28 heavy (non-hydrogen) atoms. The first-order valence-electron chi connectivity index (χ1n) is 9.72. The number of methoxy groups -OCH3 is 1. The fraction of sp³-hybridized carbons (Fsp3) is 0.261. The van der Waals surface area contributed by atoms with Crippen LogP contribution in [0.1, 0.15) is 17.7 Å². The molecule has 1 aliphatic rings. The summed E-state index contributed by atoms with van der Waals surface area (Å²) in [6, 6.07) is 16.4. The molecule has 0 aliphatic carbocycles. The summed E-state index contributed by atoms with van der Waals surface area (Å²) in [4.78, 5) is 18.4. The molecule has 1 N–H and O–H groups in total. The summed E-state index contributed by atoms with van der Waals surface area (Å²) in [6.45, 7) is 2.14.